The fourth-order valence-electron chi connectivity index (χ4n) is 0.910. The molecule has 0 aromatic rings. The van der Waals surface area contributed by atoms with Crippen LogP contribution in [-0.2, 0) is 9.57 Å². The quantitative estimate of drug-likeness (QED) is 0.608. The average Bonchev–Trinajstić information content (AvgIpc) is 1.84. The zero-order chi connectivity index (χ0) is 8.27. The van der Waals surface area contributed by atoms with Gasteiger partial charge in [-0.3, -0.25) is 4.84 Å². The highest BCUT2D eigenvalue weighted by Crippen LogP contribution is 2.11. The van der Waals surface area contributed by atoms with Crippen molar-refractivity contribution in [3.63, 3.8) is 0 Å². The van der Waals surface area contributed by atoms with Crippen LogP contribution < -0.4 is 0 Å². The average molecular weight is 159 g/mol. The maximum atomic E-state index is 5.42. The molecule has 1 rings (SSSR count). The lowest BCUT2D eigenvalue weighted by atomic mass is 10.2. The first-order valence-electron chi connectivity index (χ1n) is 4.13. The number of rotatable bonds is 4. The number of hydrogen-bond acceptors (Lipinski definition) is 3. The molecule has 0 saturated carbocycles. The molecular weight excluding hydrogens is 142 g/mol. The molecule has 66 valence electrons. The Morgan fingerprint density at radius 2 is 2.09 bits per heavy atom. The van der Waals surface area contributed by atoms with Gasteiger partial charge in [-0.2, -0.15) is 5.06 Å². The zero-order valence-corrected chi connectivity index (χ0v) is 7.54. The molecule has 1 fully saturated rings. The van der Waals surface area contributed by atoms with Gasteiger partial charge in [0.1, 0.15) is 0 Å². The first kappa shape index (κ1) is 8.97. The Morgan fingerprint density at radius 3 is 2.55 bits per heavy atom. The standard InChI is InChI=1S/C8H17NO2/c1-7(2)6-11-9-4-8(5-9)10-3/h7-8H,4-6H2,1-3H3. The molecule has 0 aliphatic carbocycles. The minimum Gasteiger partial charge on any atom is -0.379 e. The van der Waals surface area contributed by atoms with E-state index in [0.29, 0.717) is 12.0 Å². The molecule has 3 heteroatoms. The molecule has 1 aliphatic rings. The second-order valence-electron chi connectivity index (χ2n) is 3.39. The summed E-state index contributed by atoms with van der Waals surface area (Å²) in [6.45, 7) is 6.95. The van der Waals surface area contributed by atoms with Crippen LogP contribution >= 0.6 is 0 Å². The number of methoxy groups -OCH3 is 1. The summed E-state index contributed by atoms with van der Waals surface area (Å²) in [4.78, 5) is 5.42. The molecule has 0 amide bonds. The third kappa shape index (κ3) is 2.77. The van der Waals surface area contributed by atoms with Crippen molar-refractivity contribution < 1.29 is 9.57 Å². The molecule has 11 heavy (non-hydrogen) atoms. The van der Waals surface area contributed by atoms with E-state index < -0.39 is 0 Å². The van der Waals surface area contributed by atoms with Crippen molar-refractivity contribution >= 4 is 0 Å². The SMILES string of the molecule is COC1CN(OCC(C)C)C1. The van der Waals surface area contributed by atoms with Gasteiger partial charge in [0.15, 0.2) is 0 Å². The Bertz CT molecular complexity index is 111. The molecule has 0 spiro atoms. The van der Waals surface area contributed by atoms with E-state index in [1.165, 1.54) is 0 Å². The summed E-state index contributed by atoms with van der Waals surface area (Å²) in [5.41, 5.74) is 0. The van der Waals surface area contributed by atoms with Crippen molar-refractivity contribution in [2.75, 3.05) is 26.8 Å². The maximum absolute atomic E-state index is 5.42. The van der Waals surface area contributed by atoms with Gasteiger partial charge >= 0.3 is 0 Å². The summed E-state index contributed by atoms with van der Waals surface area (Å²) in [6, 6.07) is 0. The van der Waals surface area contributed by atoms with Gasteiger partial charge in [-0.15, -0.1) is 0 Å². The second kappa shape index (κ2) is 4.04. The van der Waals surface area contributed by atoms with Gasteiger partial charge in [-0.25, -0.2) is 0 Å². The van der Waals surface area contributed by atoms with Gasteiger partial charge in [-0.1, -0.05) is 13.8 Å². The topological polar surface area (TPSA) is 21.7 Å². The summed E-state index contributed by atoms with van der Waals surface area (Å²) in [5.74, 6) is 0.608. The van der Waals surface area contributed by atoms with Gasteiger partial charge < -0.3 is 4.74 Å². The van der Waals surface area contributed by atoms with Crippen LogP contribution in [0.15, 0.2) is 0 Å². The van der Waals surface area contributed by atoms with Crippen LogP contribution in [0, 0.1) is 5.92 Å². The monoisotopic (exact) mass is 159 g/mol. The number of ether oxygens (including phenoxy) is 1. The number of hydrogen-bond donors (Lipinski definition) is 0. The van der Waals surface area contributed by atoms with Crippen molar-refractivity contribution in [2.45, 2.75) is 20.0 Å². The van der Waals surface area contributed by atoms with Gasteiger partial charge in [0.25, 0.3) is 0 Å². The highest BCUT2D eigenvalue weighted by Gasteiger charge is 2.27. The van der Waals surface area contributed by atoms with E-state index >= 15 is 0 Å². The molecule has 0 aromatic heterocycles. The third-order valence-electron chi connectivity index (χ3n) is 1.74. The lowest BCUT2D eigenvalue weighted by Gasteiger charge is -2.37. The molecule has 0 bridgehead atoms. The van der Waals surface area contributed by atoms with Crippen molar-refractivity contribution in [1.82, 2.24) is 5.06 Å². The lowest BCUT2D eigenvalue weighted by molar-refractivity contribution is -0.244. The smallest absolute Gasteiger partial charge is 0.0871 e. The Morgan fingerprint density at radius 1 is 1.45 bits per heavy atom. The first-order valence-corrected chi connectivity index (χ1v) is 4.13. The minimum atomic E-state index is 0.391. The van der Waals surface area contributed by atoms with Crippen molar-refractivity contribution in [3.8, 4) is 0 Å². The Kier molecular flexibility index (Phi) is 3.30. The zero-order valence-electron chi connectivity index (χ0n) is 7.54. The Labute approximate surface area is 68.2 Å². The van der Waals surface area contributed by atoms with Gasteiger partial charge in [0.05, 0.1) is 25.8 Å². The van der Waals surface area contributed by atoms with Crippen molar-refractivity contribution in [1.29, 1.82) is 0 Å². The highest BCUT2D eigenvalue weighted by atomic mass is 16.7. The predicted octanol–water partition coefficient (Wildman–Crippen LogP) is 0.905. The van der Waals surface area contributed by atoms with E-state index in [9.17, 15) is 0 Å². The fraction of sp³-hybridized carbons (Fsp3) is 1.00. The van der Waals surface area contributed by atoms with Crippen LogP contribution in [0.2, 0.25) is 0 Å². The first-order chi connectivity index (χ1) is 5.22. The van der Waals surface area contributed by atoms with Crippen molar-refractivity contribution in [3.05, 3.63) is 0 Å². The summed E-state index contributed by atoms with van der Waals surface area (Å²) >= 11 is 0. The largest absolute Gasteiger partial charge is 0.379 e. The van der Waals surface area contributed by atoms with Crippen LogP contribution in [0.1, 0.15) is 13.8 Å². The molecule has 0 unspecified atom stereocenters. The molecule has 3 nitrogen and oxygen atoms in total. The van der Waals surface area contributed by atoms with Crippen LogP contribution in [0.5, 0.6) is 0 Å². The van der Waals surface area contributed by atoms with Gasteiger partial charge in [-0.05, 0) is 5.92 Å². The summed E-state index contributed by atoms with van der Waals surface area (Å²) in [5, 5.41) is 1.95. The van der Waals surface area contributed by atoms with E-state index in [1.807, 2.05) is 5.06 Å². The molecule has 1 heterocycles. The molecule has 0 atom stereocenters. The summed E-state index contributed by atoms with van der Waals surface area (Å²) in [6.07, 6.45) is 0.391. The van der Waals surface area contributed by atoms with Crippen LogP contribution in [0.3, 0.4) is 0 Å². The van der Waals surface area contributed by atoms with E-state index in [-0.39, 0.29) is 0 Å². The predicted molar refractivity (Wildman–Crippen MR) is 43.2 cm³/mol. The minimum absolute atomic E-state index is 0.391. The molecular formula is C8H17NO2. The number of nitrogens with zero attached hydrogens (tertiary/aromatic N) is 1. The third-order valence-corrected chi connectivity index (χ3v) is 1.74. The van der Waals surface area contributed by atoms with E-state index in [2.05, 4.69) is 13.8 Å². The van der Waals surface area contributed by atoms with Crippen LogP contribution in [0.4, 0.5) is 0 Å². The maximum Gasteiger partial charge on any atom is 0.0871 e. The fourth-order valence-corrected chi connectivity index (χ4v) is 0.910. The van der Waals surface area contributed by atoms with Crippen LogP contribution in [-0.4, -0.2) is 38.0 Å². The lowest BCUT2D eigenvalue weighted by Crippen LogP contribution is -2.51. The van der Waals surface area contributed by atoms with Crippen LogP contribution in [0.25, 0.3) is 0 Å². The molecule has 1 saturated heterocycles. The number of hydroxylamine groups is 2. The van der Waals surface area contributed by atoms with E-state index in [1.54, 1.807) is 7.11 Å². The molecule has 0 radical (unpaired) electrons. The highest BCUT2D eigenvalue weighted by molar-refractivity contribution is 4.73. The Hall–Kier alpha value is -0.120. The Balaban J connectivity index is 1.96. The normalized spacial score (nSPS) is 20.7. The summed E-state index contributed by atoms with van der Waals surface area (Å²) in [7, 11) is 1.74. The summed E-state index contributed by atoms with van der Waals surface area (Å²) < 4.78 is 5.10. The van der Waals surface area contributed by atoms with E-state index in [4.69, 9.17) is 9.57 Å². The van der Waals surface area contributed by atoms with E-state index in [0.717, 1.165) is 19.7 Å². The second-order valence-corrected chi connectivity index (χ2v) is 3.39. The van der Waals surface area contributed by atoms with Gasteiger partial charge in [0.2, 0.25) is 0 Å². The van der Waals surface area contributed by atoms with Gasteiger partial charge in [0, 0.05) is 7.11 Å². The molecule has 1 aliphatic heterocycles. The molecule has 0 aromatic carbocycles. The molecule has 0 N–H and O–H groups in total. The van der Waals surface area contributed by atoms with Crippen molar-refractivity contribution in [2.24, 2.45) is 5.92 Å².